The van der Waals surface area contributed by atoms with Crippen LogP contribution in [0, 0.1) is 0 Å². The second-order valence-electron chi connectivity index (χ2n) is 1.51. The van der Waals surface area contributed by atoms with E-state index in [0.29, 0.717) is 0 Å². The van der Waals surface area contributed by atoms with Crippen LogP contribution in [0.4, 0.5) is 0 Å². The predicted molar refractivity (Wildman–Crippen MR) is 29.5 cm³/mol. The quantitative estimate of drug-likeness (QED) is 0.629. The van der Waals surface area contributed by atoms with Crippen molar-refractivity contribution in [3.05, 3.63) is 18.7 Å². The molecule has 1 heterocycles. The molecule has 0 saturated carbocycles. The van der Waals surface area contributed by atoms with E-state index in [2.05, 4.69) is 9.82 Å². The van der Waals surface area contributed by atoms with Crippen LogP contribution < -0.4 is 4.84 Å². The molecule has 0 atom stereocenters. The van der Waals surface area contributed by atoms with Crippen molar-refractivity contribution in [2.24, 2.45) is 0 Å². The van der Waals surface area contributed by atoms with Crippen LogP contribution in [-0.4, -0.2) is 15.7 Å². The third-order valence-corrected chi connectivity index (χ3v) is 0.714. The Morgan fingerprint density at radius 2 is 2.40 bits per heavy atom. The van der Waals surface area contributed by atoms with Crippen molar-refractivity contribution in [2.75, 3.05) is 0 Å². The molecule has 5 heteroatoms. The van der Waals surface area contributed by atoms with E-state index in [4.69, 9.17) is 0 Å². The van der Waals surface area contributed by atoms with Gasteiger partial charge in [-0.1, -0.05) is 0 Å². The molecule has 1 radical (unpaired) electrons. The molecule has 57 valence electrons. The van der Waals surface area contributed by atoms with Crippen molar-refractivity contribution in [2.45, 2.75) is 6.92 Å². The van der Waals surface area contributed by atoms with Crippen molar-refractivity contribution in [1.82, 2.24) is 9.71 Å². The minimum Gasteiger partial charge on any atom is -0.336 e. The van der Waals surface area contributed by atoms with Crippen molar-refractivity contribution in [1.29, 1.82) is 0 Å². The predicted octanol–water partition coefficient (Wildman–Crippen LogP) is -0.144. The Kier molecular flexibility index (Phi) is 3.88. The van der Waals surface area contributed by atoms with Crippen LogP contribution in [0.15, 0.2) is 18.7 Å². The van der Waals surface area contributed by atoms with Crippen molar-refractivity contribution in [3.8, 4) is 0 Å². The number of carbonyl (C=O) groups excluding carboxylic acids is 1. The van der Waals surface area contributed by atoms with Gasteiger partial charge in [0, 0.05) is 32.6 Å². The van der Waals surface area contributed by atoms with Gasteiger partial charge in [-0.3, -0.25) is 0 Å². The van der Waals surface area contributed by atoms with Crippen LogP contribution in [0.2, 0.25) is 0 Å². The smallest absolute Gasteiger partial charge is 0.329 e. The summed E-state index contributed by atoms with van der Waals surface area (Å²) < 4.78 is 1.24. The number of hydrogen-bond donors (Lipinski definition) is 0. The number of imidazole rings is 1. The maximum absolute atomic E-state index is 10.2. The standard InChI is InChI=1S/C5H6N2O2.Rh/c1-5(8)9-7-3-2-6-4-7;/h2-4H,1H3;. The molecule has 0 spiro atoms. The number of hydrogen-bond acceptors (Lipinski definition) is 3. The molecule has 1 aromatic heterocycles. The van der Waals surface area contributed by atoms with Gasteiger partial charge in [0.1, 0.15) is 6.33 Å². The van der Waals surface area contributed by atoms with E-state index < -0.39 is 0 Å². The first-order valence-corrected chi connectivity index (χ1v) is 2.46. The summed E-state index contributed by atoms with van der Waals surface area (Å²) in [7, 11) is 0. The first-order chi connectivity index (χ1) is 4.29. The van der Waals surface area contributed by atoms with E-state index >= 15 is 0 Å². The summed E-state index contributed by atoms with van der Waals surface area (Å²) in [5.74, 6) is -0.354. The Labute approximate surface area is 70.9 Å². The van der Waals surface area contributed by atoms with Gasteiger partial charge >= 0.3 is 5.97 Å². The summed E-state index contributed by atoms with van der Waals surface area (Å²) in [5.41, 5.74) is 0. The molecular weight excluding hydrogens is 223 g/mol. The first-order valence-electron chi connectivity index (χ1n) is 2.46. The second-order valence-corrected chi connectivity index (χ2v) is 1.51. The topological polar surface area (TPSA) is 44.1 Å². The van der Waals surface area contributed by atoms with Crippen LogP contribution in [0.1, 0.15) is 6.92 Å². The van der Waals surface area contributed by atoms with Gasteiger partial charge in [-0.05, 0) is 0 Å². The van der Waals surface area contributed by atoms with Crippen molar-refractivity contribution in [3.63, 3.8) is 0 Å². The van der Waals surface area contributed by atoms with Crippen molar-refractivity contribution >= 4 is 5.97 Å². The molecule has 0 amide bonds. The number of carbonyl (C=O) groups is 1. The summed E-state index contributed by atoms with van der Waals surface area (Å²) in [6.07, 6.45) is 4.48. The van der Waals surface area contributed by atoms with E-state index in [9.17, 15) is 4.79 Å². The Morgan fingerprint density at radius 1 is 1.70 bits per heavy atom. The van der Waals surface area contributed by atoms with Gasteiger partial charge in [-0.2, -0.15) is 4.73 Å². The largest absolute Gasteiger partial charge is 0.336 e. The fraction of sp³-hybridized carbons (Fsp3) is 0.200. The Bertz CT molecular complexity index is 197. The monoisotopic (exact) mass is 229 g/mol. The van der Waals surface area contributed by atoms with Crippen LogP contribution in [0.25, 0.3) is 0 Å². The summed E-state index contributed by atoms with van der Waals surface area (Å²) >= 11 is 0. The Morgan fingerprint density at radius 3 is 2.80 bits per heavy atom. The minimum atomic E-state index is -0.354. The number of nitrogens with zero attached hydrogens (tertiary/aromatic N) is 2. The molecule has 1 rings (SSSR count). The molecule has 0 fully saturated rings. The van der Waals surface area contributed by atoms with Gasteiger partial charge in [0.2, 0.25) is 0 Å². The maximum atomic E-state index is 10.2. The molecule has 0 unspecified atom stereocenters. The van der Waals surface area contributed by atoms with E-state index in [1.54, 1.807) is 6.20 Å². The molecule has 0 aliphatic heterocycles. The molecule has 10 heavy (non-hydrogen) atoms. The van der Waals surface area contributed by atoms with Crippen LogP contribution in [-0.2, 0) is 24.3 Å². The van der Waals surface area contributed by atoms with E-state index in [1.165, 1.54) is 24.2 Å². The van der Waals surface area contributed by atoms with E-state index in [0.717, 1.165) is 0 Å². The minimum absolute atomic E-state index is 0. The first kappa shape index (κ1) is 9.30. The molecule has 4 nitrogen and oxygen atoms in total. The van der Waals surface area contributed by atoms with Gasteiger partial charge in [-0.15, -0.1) is 0 Å². The zero-order valence-electron chi connectivity index (χ0n) is 5.28. The van der Waals surface area contributed by atoms with Crippen LogP contribution in [0.5, 0.6) is 0 Å². The van der Waals surface area contributed by atoms with Gasteiger partial charge < -0.3 is 4.84 Å². The van der Waals surface area contributed by atoms with Crippen molar-refractivity contribution < 1.29 is 29.1 Å². The van der Waals surface area contributed by atoms with Gasteiger partial charge in [0.15, 0.2) is 0 Å². The molecule has 0 aromatic carbocycles. The zero-order valence-corrected chi connectivity index (χ0v) is 6.92. The van der Waals surface area contributed by atoms with Gasteiger partial charge in [-0.25, -0.2) is 9.78 Å². The molecule has 0 aliphatic carbocycles. The van der Waals surface area contributed by atoms with Gasteiger partial charge in [0.25, 0.3) is 0 Å². The SMILES string of the molecule is CC(=O)On1ccnc1.[Rh]. The normalized spacial score (nSPS) is 8.10. The van der Waals surface area contributed by atoms with E-state index in [-0.39, 0.29) is 25.4 Å². The van der Waals surface area contributed by atoms with Crippen LogP contribution in [0.3, 0.4) is 0 Å². The molecule has 0 aliphatic rings. The van der Waals surface area contributed by atoms with Crippen LogP contribution >= 0.6 is 0 Å². The fourth-order valence-electron chi connectivity index (χ4n) is 0.449. The average Bonchev–Trinajstić information content (AvgIpc) is 2.15. The Balaban J connectivity index is 0.000000810. The number of rotatable bonds is 1. The fourth-order valence-corrected chi connectivity index (χ4v) is 0.449. The van der Waals surface area contributed by atoms with Gasteiger partial charge in [0.05, 0.1) is 6.20 Å². The molecule has 0 bridgehead atoms. The summed E-state index contributed by atoms with van der Waals surface area (Å²) in [6.45, 7) is 1.33. The van der Waals surface area contributed by atoms with E-state index in [1.807, 2.05) is 0 Å². The third-order valence-electron chi connectivity index (χ3n) is 0.714. The molecule has 0 saturated heterocycles. The summed E-state index contributed by atoms with van der Waals surface area (Å²) in [5, 5.41) is 0. The zero-order chi connectivity index (χ0) is 6.69. The average molecular weight is 229 g/mol. The molecular formula is C5H6N2O2Rh. The number of aromatic nitrogens is 2. The molecule has 1 aromatic rings. The third kappa shape index (κ3) is 2.73. The molecule has 0 N–H and O–H groups in total. The Hall–Kier alpha value is -0.697. The summed E-state index contributed by atoms with van der Waals surface area (Å²) in [6, 6.07) is 0. The maximum Gasteiger partial charge on any atom is 0.329 e. The summed E-state index contributed by atoms with van der Waals surface area (Å²) in [4.78, 5) is 18.5. The second kappa shape index (κ2) is 4.17.